The van der Waals surface area contributed by atoms with E-state index in [-0.39, 0.29) is 5.91 Å². The highest BCUT2D eigenvalue weighted by atomic mass is 32.1. The first kappa shape index (κ1) is 26.3. The Morgan fingerprint density at radius 3 is 2.44 bits per heavy atom. The molecule has 1 aliphatic rings. The maximum atomic E-state index is 12.9. The molecule has 8 heteroatoms. The van der Waals surface area contributed by atoms with Gasteiger partial charge in [0, 0.05) is 51.4 Å². The average Bonchev–Trinajstić information content (AvgIpc) is 2.83. The zero-order valence-electron chi connectivity index (χ0n) is 21.0. The second-order valence-electron chi connectivity index (χ2n) is 9.12. The monoisotopic (exact) mass is 484 g/mol. The molecular weight excluding hydrogens is 444 g/mol. The van der Waals surface area contributed by atoms with Gasteiger partial charge in [0.25, 0.3) is 0 Å². The summed E-state index contributed by atoms with van der Waals surface area (Å²) in [7, 11) is 2.12. The quantitative estimate of drug-likeness (QED) is 0.260. The van der Waals surface area contributed by atoms with E-state index in [1.807, 2.05) is 13.0 Å². The Labute approximate surface area is 210 Å². The Balaban J connectivity index is 1.59. The average molecular weight is 485 g/mol. The van der Waals surface area contributed by atoms with Gasteiger partial charge in [0.2, 0.25) is 5.91 Å². The first-order valence-electron chi connectivity index (χ1n) is 12.6. The van der Waals surface area contributed by atoms with Gasteiger partial charge < -0.3 is 20.0 Å². The summed E-state index contributed by atoms with van der Waals surface area (Å²) in [4.78, 5) is 28.9. The number of aryl methyl sites for hydroxylation is 1. The molecule has 2 heterocycles. The number of piperazine rings is 1. The molecule has 1 aliphatic heterocycles. The normalized spacial score (nSPS) is 14.3. The number of para-hydroxylation sites is 1. The maximum absolute atomic E-state index is 12.9. The van der Waals surface area contributed by atoms with E-state index >= 15 is 0 Å². The van der Waals surface area contributed by atoms with Crippen LogP contribution in [0.1, 0.15) is 51.3 Å². The first-order chi connectivity index (χ1) is 16.5. The van der Waals surface area contributed by atoms with Crippen molar-refractivity contribution >= 4 is 35.7 Å². The van der Waals surface area contributed by atoms with Crippen molar-refractivity contribution in [3.63, 3.8) is 0 Å². The first-order valence-corrected chi connectivity index (χ1v) is 13.0. The summed E-state index contributed by atoms with van der Waals surface area (Å²) in [6, 6.07) is 10.5. The standard InChI is InChI=1S/C26H40N6OS/c1-4-5-6-10-15-31(22-12-8-7-9-13-22)16-11-14-23(33)29-24-25(27-21(2)28-26(24)34)32-19-17-30(3)18-20-32/h7-9,12-13H,4-6,10-11,14-20H2,1-3H3,(H,29,33)(H,27,28,34). The Kier molecular flexibility index (Phi) is 10.5. The van der Waals surface area contributed by atoms with Gasteiger partial charge in [-0.2, -0.15) is 0 Å². The molecule has 0 unspecified atom stereocenters. The van der Waals surface area contributed by atoms with E-state index < -0.39 is 0 Å². The molecule has 0 aliphatic carbocycles. The van der Waals surface area contributed by atoms with Crippen LogP contribution in [0.5, 0.6) is 0 Å². The number of thiol groups is 1. The van der Waals surface area contributed by atoms with Crippen molar-refractivity contribution in [1.82, 2.24) is 14.9 Å². The minimum Gasteiger partial charge on any atom is -0.372 e. The van der Waals surface area contributed by atoms with Gasteiger partial charge >= 0.3 is 0 Å². The number of nitrogens with zero attached hydrogens (tertiary/aromatic N) is 5. The summed E-state index contributed by atoms with van der Waals surface area (Å²) in [6.45, 7) is 9.64. The largest absolute Gasteiger partial charge is 0.372 e. The van der Waals surface area contributed by atoms with Crippen LogP contribution in [-0.4, -0.2) is 67.1 Å². The van der Waals surface area contributed by atoms with E-state index in [0.717, 1.165) is 51.5 Å². The summed E-state index contributed by atoms with van der Waals surface area (Å²) in [6.07, 6.45) is 6.15. The number of aromatic nitrogens is 2. The van der Waals surface area contributed by atoms with Crippen molar-refractivity contribution in [2.75, 3.05) is 61.4 Å². The number of amides is 1. The molecule has 1 fully saturated rings. The molecule has 1 aromatic carbocycles. The number of benzene rings is 1. The van der Waals surface area contributed by atoms with E-state index in [1.165, 1.54) is 31.4 Å². The number of hydrogen-bond acceptors (Lipinski definition) is 7. The van der Waals surface area contributed by atoms with Gasteiger partial charge in [-0.1, -0.05) is 44.4 Å². The topological polar surface area (TPSA) is 64.6 Å². The van der Waals surface area contributed by atoms with Crippen molar-refractivity contribution in [2.24, 2.45) is 0 Å². The van der Waals surface area contributed by atoms with Crippen LogP contribution in [0.2, 0.25) is 0 Å². The predicted molar refractivity (Wildman–Crippen MR) is 144 cm³/mol. The van der Waals surface area contributed by atoms with E-state index in [0.29, 0.717) is 23.0 Å². The molecule has 186 valence electrons. The second kappa shape index (κ2) is 13.5. The highest BCUT2D eigenvalue weighted by Crippen LogP contribution is 2.30. The molecule has 1 amide bonds. The second-order valence-corrected chi connectivity index (χ2v) is 9.54. The van der Waals surface area contributed by atoms with Gasteiger partial charge in [-0.3, -0.25) is 4.79 Å². The highest BCUT2D eigenvalue weighted by Gasteiger charge is 2.22. The lowest BCUT2D eigenvalue weighted by Crippen LogP contribution is -2.45. The van der Waals surface area contributed by atoms with E-state index in [1.54, 1.807) is 0 Å². The van der Waals surface area contributed by atoms with Gasteiger partial charge in [0.15, 0.2) is 5.82 Å². The van der Waals surface area contributed by atoms with Gasteiger partial charge in [-0.25, -0.2) is 9.97 Å². The Morgan fingerprint density at radius 2 is 1.74 bits per heavy atom. The maximum Gasteiger partial charge on any atom is 0.224 e. The van der Waals surface area contributed by atoms with Crippen LogP contribution in [0.25, 0.3) is 0 Å². The van der Waals surface area contributed by atoms with Crippen molar-refractivity contribution in [3.05, 3.63) is 36.2 Å². The number of likely N-dealkylation sites (N-methyl/N-ethyl adjacent to an activating group) is 1. The fourth-order valence-electron chi connectivity index (χ4n) is 4.27. The summed E-state index contributed by atoms with van der Waals surface area (Å²) in [5.74, 6) is 1.43. The van der Waals surface area contributed by atoms with E-state index in [4.69, 9.17) is 0 Å². The van der Waals surface area contributed by atoms with Crippen LogP contribution in [0.3, 0.4) is 0 Å². The summed E-state index contributed by atoms with van der Waals surface area (Å²) < 4.78 is 0. The van der Waals surface area contributed by atoms with Crippen LogP contribution >= 0.6 is 12.6 Å². The Bertz CT molecular complexity index is 902. The molecule has 1 N–H and O–H groups in total. The third-order valence-corrected chi connectivity index (χ3v) is 6.61. The molecule has 2 aromatic rings. The fraction of sp³-hybridized carbons (Fsp3) is 0.577. The lowest BCUT2D eigenvalue weighted by Gasteiger charge is -2.34. The molecule has 7 nitrogen and oxygen atoms in total. The van der Waals surface area contributed by atoms with Crippen molar-refractivity contribution in [1.29, 1.82) is 0 Å². The molecule has 34 heavy (non-hydrogen) atoms. The van der Waals surface area contributed by atoms with Crippen molar-refractivity contribution in [3.8, 4) is 0 Å². The minimum atomic E-state index is -0.0166. The number of rotatable bonds is 12. The zero-order valence-corrected chi connectivity index (χ0v) is 21.9. The van der Waals surface area contributed by atoms with E-state index in [9.17, 15) is 4.79 Å². The Hall–Kier alpha value is -2.32. The molecular formula is C26H40N6OS. The zero-order chi connectivity index (χ0) is 24.3. The summed E-state index contributed by atoms with van der Waals surface area (Å²) in [5.41, 5.74) is 1.85. The molecule has 1 saturated heterocycles. The number of unbranched alkanes of at least 4 members (excludes halogenated alkanes) is 3. The summed E-state index contributed by atoms with van der Waals surface area (Å²) in [5, 5.41) is 3.60. The summed E-state index contributed by atoms with van der Waals surface area (Å²) >= 11 is 4.57. The fourth-order valence-corrected chi connectivity index (χ4v) is 4.57. The Morgan fingerprint density at radius 1 is 1.03 bits per heavy atom. The number of carbonyl (C=O) groups excluding carboxylic acids is 1. The van der Waals surface area contributed by atoms with Gasteiger partial charge in [-0.15, -0.1) is 12.6 Å². The van der Waals surface area contributed by atoms with E-state index in [2.05, 4.69) is 80.9 Å². The van der Waals surface area contributed by atoms with Crippen LogP contribution in [0.15, 0.2) is 35.4 Å². The molecule has 0 bridgehead atoms. The van der Waals surface area contributed by atoms with Crippen LogP contribution in [0.4, 0.5) is 17.2 Å². The SMILES string of the molecule is CCCCCCN(CCCC(=O)Nc1c(S)nc(C)nc1N1CCN(C)CC1)c1ccccc1. The van der Waals surface area contributed by atoms with Crippen LogP contribution in [0, 0.1) is 6.92 Å². The molecule has 0 radical (unpaired) electrons. The van der Waals surface area contributed by atoms with Crippen molar-refractivity contribution in [2.45, 2.75) is 57.4 Å². The third kappa shape index (κ3) is 7.87. The van der Waals surface area contributed by atoms with Crippen molar-refractivity contribution < 1.29 is 4.79 Å². The molecule has 0 spiro atoms. The smallest absolute Gasteiger partial charge is 0.224 e. The number of carbonyl (C=O) groups is 1. The third-order valence-electron chi connectivity index (χ3n) is 6.28. The minimum absolute atomic E-state index is 0.0166. The van der Waals surface area contributed by atoms with Gasteiger partial charge in [0.1, 0.15) is 16.5 Å². The lowest BCUT2D eigenvalue weighted by atomic mass is 10.1. The predicted octanol–water partition coefficient (Wildman–Crippen LogP) is 4.63. The van der Waals surface area contributed by atoms with Crippen LogP contribution < -0.4 is 15.1 Å². The molecule has 0 atom stereocenters. The number of hydrogen-bond donors (Lipinski definition) is 2. The van der Waals surface area contributed by atoms with Gasteiger partial charge in [-0.05, 0) is 38.9 Å². The van der Waals surface area contributed by atoms with Gasteiger partial charge in [0.05, 0.1) is 0 Å². The number of anilines is 3. The molecule has 3 rings (SSSR count). The highest BCUT2D eigenvalue weighted by molar-refractivity contribution is 7.80. The lowest BCUT2D eigenvalue weighted by molar-refractivity contribution is -0.116. The molecule has 1 aromatic heterocycles. The number of nitrogens with one attached hydrogen (secondary N) is 1. The molecule has 0 saturated carbocycles. The van der Waals surface area contributed by atoms with Crippen LogP contribution in [-0.2, 0) is 4.79 Å².